The van der Waals surface area contributed by atoms with Crippen molar-refractivity contribution in [2.45, 2.75) is 26.7 Å². The Balaban J connectivity index is 2.05. The number of amides is 1. The van der Waals surface area contributed by atoms with Crippen LogP contribution in [-0.4, -0.2) is 23.0 Å². The Morgan fingerprint density at radius 3 is 2.57 bits per heavy atom. The van der Waals surface area contributed by atoms with Gasteiger partial charge in [-0.1, -0.05) is 32.0 Å². The minimum absolute atomic E-state index is 0.0222. The molecule has 0 unspecified atom stereocenters. The minimum Gasteiger partial charge on any atom is -0.511 e. The molecule has 0 aromatic heterocycles. The number of Topliss-reactive ketones (excluding diaryl/α,β-unsaturated/α-hetero) is 1. The molecular weight excluding hydrogens is 268 g/mol. The molecule has 2 N–H and O–H groups in total. The van der Waals surface area contributed by atoms with Gasteiger partial charge in [0.1, 0.15) is 5.76 Å². The van der Waals surface area contributed by atoms with E-state index in [2.05, 4.69) is 10.5 Å². The molecule has 0 radical (unpaired) electrons. The van der Waals surface area contributed by atoms with Gasteiger partial charge in [-0.3, -0.25) is 9.59 Å². The Hall–Kier alpha value is -2.43. The number of carbonyl (C=O) groups excluding carboxylic acids is 2. The van der Waals surface area contributed by atoms with Crippen molar-refractivity contribution in [3.8, 4) is 0 Å². The molecule has 0 fully saturated rings. The summed E-state index contributed by atoms with van der Waals surface area (Å²) in [7, 11) is 0. The first-order valence-electron chi connectivity index (χ1n) is 6.73. The normalized spacial score (nSPS) is 18.1. The Morgan fingerprint density at radius 1 is 1.29 bits per heavy atom. The van der Waals surface area contributed by atoms with E-state index >= 15 is 0 Å². The van der Waals surface area contributed by atoms with E-state index in [9.17, 15) is 14.7 Å². The number of allylic oxidation sites excluding steroid dienone is 2. The first-order valence-corrected chi connectivity index (χ1v) is 6.73. The summed E-state index contributed by atoms with van der Waals surface area (Å²) >= 11 is 0. The van der Waals surface area contributed by atoms with Crippen molar-refractivity contribution in [2.24, 2.45) is 10.5 Å². The van der Waals surface area contributed by atoms with Gasteiger partial charge in [-0.25, -0.2) is 5.43 Å². The second-order valence-electron chi connectivity index (χ2n) is 5.87. The van der Waals surface area contributed by atoms with E-state index in [1.807, 2.05) is 19.9 Å². The van der Waals surface area contributed by atoms with Gasteiger partial charge in [0.15, 0.2) is 5.78 Å². The summed E-state index contributed by atoms with van der Waals surface area (Å²) in [5.74, 6) is -0.508. The Bertz CT molecular complexity index is 616. The highest BCUT2D eigenvalue weighted by Gasteiger charge is 2.32. The largest absolute Gasteiger partial charge is 0.511 e. The maximum Gasteiger partial charge on any atom is 0.271 e. The number of aliphatic hydroxyl groups excluding tert-OH is 1. The molecule has 1 aliphatic carbocycles. The Morgan fingerprint density at radius 2 is 1.95 bits per heavy atom. The lowest BCUT2D eigenvalue weighted by molar-refractivity contribution is -0.117. The van der Waals surface area contributed by atoms with E-state index in [0.29, 0.717) is 18.4 Å². The van der Waals surface area contributed by atoms with Crippen LogP contribution < -0.4 is 5.43 Å². The number of carbonyl (C=O) groups is 2. The molecule has 0 bridgehead atoms. The second-order valence-corrected chi connectivity index (χ2v) is 5.87. The third kappa shape index (κ3) is 3.78. The van der Waals surface area contributed by atoms with Gasteiger partial charge in [0, 0.05) is 18.4 Å². The van der Waals surface area contributed by atoms with Crippen LogP contribution in [0.1, 0.15) is 37.0 Å². The lowest BCUT2D eigenvalue weighted by Crippen LogP contribution is -2.27. The van der Waals surface area contributed by atoms with E-state index in [4.69, 9.17) is 0 Å². The van der Waals surface area contributed by atoms with Crippen molar-refractivity contribution in [1.82, 2.24) is 5.43 Å². The molecule has 110 valence electrons. The van der Waals surface area contributed by atoms with Crippen LogP contribution in [0.5, 0.6) is 0 Å². The van der Waals surface area contributed by atoms with Crippen LogP contribution in [0.4, 0.5) is 0 Å². The van der Waals surface area contributed by atoms with Crippen LogP contribution in [-0.2, 0) is 4.79 Å². The van der Waals surface area contributed by atoms with Crippen LogP contribution in [0.25, 0.3) is 0 Å². The molecule has 0 heterocycles. The zero-order valence-corrected chi connectivity index (χ0v) is 12.1. The molecule has 0 spiro atoms. The van der Waals surface area contributed by atoms with Crippen molar-refractivity contribution in [2.75, 3.05) is 0 Å². The van der Waals surface area contributed by atoms with Crippen molar-refractivity contribution in [1.29, 1.82) is 0 Å². The number of hydrazone groups is 1. The van der Waals surface area contributed by atoms with E-state index in [-0.39, 0.29) is 28.4 Å². The Kier molecular flexibility index (Phi) is 4.21. The van der Waals surface area contributed by atoms with Gasteiger partial charge < -0.3 is 5.11 Å². The summed E-state index contributed by atoms with van der Waals surface area (Å²) in [5.41, 5.74) is 2.74. The molecule has 0 saturated carbocycles. The predicted molar refractivity (Wildman–Crippen MR) is 80.1 cm³/mol. The van der Waals surface area contributed by atoms with Gasteiger partial charge >= 0.3 is 0 Å². The van der Waals surface area contributed by atoms with Crippen LogP contribution in [0, 0.1) is 5.41 Å². The molecule has 5 heteroatoms. The molecule has 1 aliphatic rings. The molecule has 2 rings (SSSR count). The van der Waals surface area contributed by atoms with Crippen LogP contribution in [0.3, 0.4) is 0 Å². The number of rotatable bonds is 3. The number of nitrogens with one attached hydrogen (secondary N) is 1. The molecule has 1 aromatic rings. The topological polar surface area (TPSA) is 78.8 Å². The first-order chi connectivity index (χ1) is 9.89. The Labute approximate surface area is 123 Å². The fourth-order valence-electron chi connectivity index (χ4n) is 2.26. The highest BCUT2D eigenvalue weighted by molar-refractivity contribution is 6.14. The molecule has 5 nitrogen and oxygen atoms in total. The van der Waals surface area contributed by atoms with E-state index in [1.54, 1.807) is 24.3 Å². The van der Waals surface area contributed by atoms with Gasteiger partial charge in [-0.05, 0) is 17.5 Å². The van der Waals surface area contributed by atoms with Gasteiger partial charge in [0.25, 0.3) is 5.91 Å². The molecule has 0 atom stereocenters. The predicted octanol–water partition coefficient (Wildman–Crippen LogP) is 2.60. The lowest BCUT2D eigenvalue weighted by atomic mass is 9.77. The van der Waals surface area contributed by atoms with Gasteiger partial charge in [0.05, 0.1) is 11.8 Å². The van der Waals surface area contributed by atoms with Gasteiger partial charge in [-0.2, -0.15) is 5.10 Å². The summed E-state index contributed by atoms with van der Waals surface area (Å²) in [4.78, 5) is 23.7. The van der Waals surface area contributed by atoms with E-state index in [1.165, 1.54) is 6.21 Å². The number of benzene rings is 1. The van der Waals surface area contributed by atoms with Gasteiger partial charge in [0.2, 0.25) is 0 Å². The minimum atomic E-state index is -0.365. The zero-order valence-electron chi connectivity index (χ0n) is 12.1. The second kappa shape index (κ2) is 5.91. The molecule has 1 amide bonds. The summed E-state index contributed by atoms with van der Waals surface area (Å²) in [6, 6.07) is 8.64. The van der Waals surface area contributed by atoms with E-state index in [0.717, 1.165) is 0 Å². The highest BCUT2D eigenvalue weighted by Crippen LogP contribution is 2.34. The first kappa shape index (κ1) is 15.0. The van der Waals surface area contributed by atoms with E-state index < -0.39 is 0 Å². The van der Waals surface area contributed by atoms with Crippen LogP contribution >= 0.6 is 0 Å². The van der Waals surface area contributed by atoms with Gasteiger partial charge in [-0.15, -0.1) is 0 Å². The van der Waals surface area contributed by atoms with Crippen molar-refractivity contribution in [3.05, 3.63) is 47.2 Å². The van der Waals surface area contributed by atoms with Crippen molar-refractivity contribution < 1.29 is 14.7 Å². The third-order valence-electron chi connectivity index (χ3n) is 3.29. The average molecular weight is 286 g/mol. The number of hydrogen-bond acceptors (Lipinski definition) is 4. The monoisotopic (exact) mass is 286 g/mol. The zero-order chi connectivity index (χ0) is 15.5. The average Bonchev–Trinajstić information content (AvgIpc) is 2.41. The molecule has 0 saturated heterocycles. The number of ketones is 1. The lowest BCUT2D eigenvalue weighted by Gasteiger charge is -2.28. The third-order valence-corrected chi connectivity index (χ3v) is 3.29. The fraction of sp³-hybridized carbons (Fsp3) is 0.312. The van der Waals surface area contributed by atoms with Crippen molar-refractivity contribution >= 4 is 17.9 Å². The maximum absolute atomic E-state index is 11.9. The summed E-state index contributed by atoms with van der Waals surface area (Å²) in [6.07, 6.45) is 1.99. The smallest absolute Gasteiger partial charge is 0.271 e. The van der Waals surface area contributed by atoms with Crippen LogP contribution in [0.2, 0.25) is 0 Å². The number of aliphatic hydroxyl groups is 1. The van der Waals surface area contributed by atoms with Crippen LogP contribution in [0.15, 0.2) is 46.8 Å². The number of nitrogens with zero attached hydrogens (tertiary/aromatic N) is 1. The highest BCUT2D eigenvalue weighted by atomic mass is 16.3. The fourth-order valence-corrected chi connectivity index (χ4v) is 2.26. The molecule has 1 aromatic carbocycles. The molecule has 0 aliphatic heterocycles. The molecular formula is C16H18N2O3. The summed E-state index contributed by atoms with van der Waals surface area (Å²) in [6.45, 7) is 3.85. The summed E-state index contributed by atoms with van der Waals surface area (Å²) in [5, 5.41) is 13.7. The van der Waals surface area contributed by atoms with Crippen molar-refractivity contribution in [3.63, 3.8) is 0 Å². The maximum atomic E-state index is 11.9. The standard InChI is InChI=1S/C16H18N2O3/c1-16(2)8-13(19)12(14(20)9-16)10-17-18-15(21)11-6-4-3-5-7-11/h3-7,10,19H,8-9H2,1-2H3,(H,18,21)/b17-10+. The number of hydrogen-bond donors (Lipinski definition) is 2. The SMILES string of the molecule is CC1(C)CC(=O)C(/C=N/NC(=O)c2ccccc2)=C(O)C1. The quantitative estimate of drug-likeness (QED) is 0.662. The summed E-state index contributed by atoms with van der Waals surface area (Å²) < 4.78 is 0. The molecule has 21 heavy (non-hydrogen) atoms.